The number of thioether (sulfide) groups is 1. The van der Waals surface area contributed by atoms with Crippen molar-refractivity contribution in [3.63, 3.8) is 0 Å². The molecule has 0 aromatic carbocycles. The average molecular weight is 293 g/mol. The lowest BCUT2D eigenvalue weighted by molar-refractivity contribution is 0.531. The molecule has 1 aromatic rings. The second-order valence-electron chi connectivity index (χ2n) is 3.73. The molecule has 0 fully saturated rings. The number of hydrogen-bond acceptors (Lipinski definition) is 5. The van der Waals surface area contributed by atoms with Gasteiger partial charge in [-0.25, -0.2) is 0 Å². The van der Waals surface area contributed by atoms with Crippen LogP contribution in [0.4, 0.5) is 0 Å². The lowest BCUT2D eigenvalue weighted by atomic mass is 9.93. The molecule has 5 nitrogen and oxygen atoms in total. The van der Waals surface area contributed by atoms with Gasteiger partial charge in [0.25, 0.3) is 5.56 Å². The summed E-state index contributed by atoms with van der Waals surface area (Å²) in [6.45, 7) is 3.82. The summed E-state index contributed by atoms with van der Waals surface area (Å²) >= 11 is 4.63. The number of alkyl halides is 1. The summed E-state index contributed by atoms with van der Waals surface area (Å²) in [7, 11) is 0. The summed E-state index contributed by atoms with van der Waals surface area (Å²) in [6.07, 6.45) is 1.79. The minimum Gasteiger partial charge on any atom is -0.334 e. The molecule has 0 atom stereocenters. The number of hydrogen-bond donors (Lipinski definition) is 1. The molecule has 84 valence electrons. The molecule has 0 saturated heterocycles. The van der Waals surface area contributed by atoms with Crippen molar-refractivity contribution in [2.45, 2.75) is 24.4 Å². The topological polar surface area (TPSA) is 73.8 Å². The SMILES string of the molecule is CSc1nnc(C(C)(C)CBr)c(=O)n1N. The zero-order valence-corrected chi connectivity index (χ0v) is 11.2. The van der Waals surface area contributed by atoms with Crippen molar-refractivity contribution in [2.75, 3.05) is 17.4 Å². The zero-order valence-electron chi connectivity index (χ0n) is 8.82. The van der Waals surface area contributed by atoms with Gasteiger partial charge in [-0.05, 0) is 6.26 Å². The van der Waals surface area contributed by atoms with Gasteiger partial charge in [0, 0.05) is 10.7 Å². The first-order valence-corrected chi connectivity index (χ1v) is 6.64. The first kappa shape index (κ1) is 12.5. The van der Waals surface area contributed by atoms with Crippen LogP contribution in [0, 0.1) is 0 Å². The minimum atomic E-state index is -0.373. The van der Waals surface area contributed by atoms with Gasteiger partial charge in [-0.3, -0.25) is 4.79 Å². The van der Waals surface area contributed by atoms with Crippen molar-refractivity contribution < 1.29 is 0 Å². The fraction of sp³-hybridized carbons (Fsp3) is 0.625. The maximum absolute atomic E-state index is 11.9. The highest BCUT2D eigenvalue weighted by Gasteiger charge is 2.26. The fourth-order valence-corrected chi connectivity index (χ4v) is 1.68. The van der Waals surface area contributed by atoms with Crippen LogP contribution in [0.5, 0.6) is 0 Å². The van der Waals surface area contributed by atoms with E-state index in [2.05, 4.69) is 26.1 Å². The molecule has 0 aliphatic heterocycles. The Bertz CT molecular complexity index is 418. The second kappa shape index (κ2) is 4.52. The standard InChI is InChI=1S/C8H13BrN4OS/c1-8(2,4-9)5-6(14)13(10)7(15-3)12-11-5/h4,10H2,1-3H3. The van der Waals surface area contributed by atoms with Crippen LogP contribution in [0.1, 0.15) is 19.5 Å². The Morgan fingerprint density at radius 1 is 1.53 bits per heavy atom. The molecule has 0 bridgehead atoms. The van der Waals surface area contributed by atoms with Crippen LogP contribution in [-0.4, -0.2) is 26.5 Å². The van der Waals surface area contributed by atoms with Gasteiger partial charge >= 0.3 is 0 Å². The maximum atomic E-state index is 11.9. The third-order valence-electron chi connectivity index (χ3n) is 2.02. The monoisotopic (exact) mass is 292 g/mol. The van der Waals surface area contributed by atoms with Crippen LogP contribution in [0.25, 0.3) is 0 Å². The van der Waals surface area contributed by atoms with E-state index in [1.165, 1.54) is 11.8 Å². The van der Waals surface area contributed by atoms with E-state index in [-0.39, 0.29) is 11.0 Å². The predicted molar refractivity (Wildman–Crippen MR) is 65.0 cm³/mol. The Morgan fingerprint density at radius 2 is 2.13 bits per heavy atom. The lowest BCUT2D eigenvalue weighted by Crippen LogP contribution is -2.39. The van der Waals surface area contributed by atoms with Gasteiger partial charge in [0.2, 0.25) is 5.16 Å². The van der Waals surface area contributed by atoms with Crippen LogP contribution < -0.4 is 11.4 Å². The summed E-state index contributed by atoms with van der Waals surface area (Å²) < 4.78 is 1.04. The molecule has 0 amide bonds. The summed E-state index contributed by atoms with van der Waals surface area (Å²) in [4.78, 5) is 11.9. The first-order valence-electron chi connectivity index (χ1n) is 4.29. The minimum absolute atomic E-state index is 0.293. The number of rotatable bonds is 3. The Kier molecular flexibility index (Phi) is 3.77. The van der Waals surface area contributed by atoms with Gasteiger partial charge < -0.3 is 5.84 Å². The summed E-state index contributed by atoms with van der Waals surface area (Å²) in [5.41, 5.74) is -0.291. The average Bonchev–Trinajstić information content (AvgIpc) is 2.21. The Hall–Kier alpha value is -0.560. The van der Waals surface area contributed by atoms with E-state index in [1.807, 2.05) is 13.8 Å². The van der Waals surface area contributed by atoms with Crippen LogP contribution in [-0.2, 0) is 5.41 Å². The molecule has 0 aliphatic rings. The Labute approximate surface area is 101 Å². The van der Waals surface area contributed by atoms with Gasteiger partial charge in [0.1, 0.15) is 5.69 Å². The molecule has 0 saturated carbocycles. The van der Waals surface area contributed by atoms with Gasteiger partial charge in [-0.2, -0.15) is 4.68 Å². The highest BCUT2D eigenvalue weighted by Crippen LogP contribution is 2.20. The van der Waals surface area contributed by atoms with Crippen molar-refractivity contribution in [3.8, 4) is 0 Å². The number of aromatic nitrogens is 3. The molecular weight excluding hydrogens is 280 g/mol. The molecule has 1 rings (SSSR count). The third kappa shape index (κ3) is 2.34. The van der Waals surface area contributed by atoms with Crippen molar-refractivity contribution in [2.24, 2.45) is 0 Å². The van der Waals surface area contributed by atoms with E-state index in [9.17, 15) is 4.79 Å². The molecule has 1 aromatic heterocycles. The molecule has 15 heavy (non-hydrogen) atoms. The maximum Gasteiger partial charge on any atom is 0.295 e. The number of halogens is 1. The van der Waals surface area contributed by atoms with Crippen LogP contribution in [0.3, 0.4) is 0 Å². The fourth-order valence-electron chi connectivity index (χ4n) is 1.01. The largest absolute Gasteiger partial charge is 0.334 e. The first-order chi connectivity index (χ1) is 6.94. The molecule has 2 N–H and O–H groups in total. The molecule has 7 heteroatoms. The van der Waals surface area contributed by atoms with Gasteiger partial charge in [-0.15, -0.1) is 10.2 Å². The van der Waals surface area contributed by atoms with E-state index < -0.39 is 0 Å². The Morgan fingerprint density at radius 3 is 2.60 bits per heavy atom. The lowest BCUT2D eigenvalue weighted by Gasteiger charge is -2.19. The smallest absolute Gasteiger partial charge is 0.295 e. The van der Waals surface area contributed by atoms with E-state index in [4.69, 9.17) is 5.84 Å². The molecular formula is C8H13BrN4OS. The van der Waals surface area contributed by atoms with Crippen molar-refractivity contribution in [1.29, 1.82) is 0 Å². The van der Waals surface area contributed by atoms with Crippen molar-refractivity contribution in [1.82, 2.24) is 14.9 Å². The van der Waals surface area contributed by atoms with E-state index in [1.54, 1.807) is 6.26 Å². The van der Waals surface area contributed by atoms with Crippen LogP contribution in [0.2, 0.25) is 0 Å². The van der Waals surface area contributed by atoms with Crippen LogP contribution in [0.15, 0.2) is 9.95 Å². The number of nitrogens with zero attached hydrogens (tertiary/aromatic N) is 3. The third-order valence-corrected chi connectivity index (χ3v) is 4.07. The molecule has 0 aliphatic carbocycles. The predicted octanol–water partition coefficient (Wildman–Crippen LogP) is 0.746. The van der Waals surface area contributed by atoms with Gasteiger partial charge in [0.15, 0.2) is 0 Å². The summed E-state index contributed by atoms with van der Waals surface area (Å²) in [5, 5.41) is 8.88. The zero-order chi connectivity index (χ0) is 11.6. The summed E-state index contributed by atoms with van der Waals surface area (Å²) in [5.74, 6) is 5.61. The molecule has 1 heterocycles. The van der Waals surface area contributed by atoms with Crippen LogP contribution >= 0.6 is 27.7 Å². The highest BCUT2D eigenvalue weighted by atomic mass is 79.9. The Balaban J connectivity index is 3.37. The second-order valence-corrected chi connectivity index (χ2v) is 5.06. The van der Waals surface area contributed by atoms with Crippen molar-refractivity contribution >= 4 is 27.7 Å². The van der Waals surface area contributed by atoms with Crippen molar-refractivity contribution in [3.05, 3.63) is 16.0 Å². The van der Waals surface area contributed by atoms with Gasteiger partial charge in [-0.1, -0.05) is 41.5 Å². The molecule has 0 spiro atoms. The quantitative estimate of drug-likeness (QED) is 0.505. The molecule has 0 unspecified atom stereocenters. The number of nitrogen functional groups attached to an aromatic ring is 1. The van der Waals surface area contributed by atoms with Gasteiger partial charge in [0.05, 0.1) is 0 Å². The number of nitrogens with two attached hydrogens (primary N) is 1. The normalized spacial score (nSPS) is 11.7. The highest BCUT2D eigenvalue weighted by molar-refractivity contribution is 9.09. The van der Waals surface area contributed by atoms with E-state index in [0.717, 1.165) is 4.68 Å². The summed E-state index contributed by atoms with van der Waals surface area (Å²) in [6, 6.07) is 0. The molecule has 0 radical (unpaired) electrons. The van der Waals surface area contributed by atoms with E-state index >= 15 is 0 Å². The van der Waals surface area contributed by atoms with E-state index in [0.29, 0.717) is 16.2 Å².